The van der Waals surface area contributed by atoms with Gasteiger partial charge in [0.05, 0.1) is 17.3 Å². The second-order valence-corrected chi connectivity index (χ2v) is 8.83. The van der Waals surface area contributed by atoms with Crippen LogP contribution in [0.4, 0.5) is 10.2 Å². The lowest BCUT2D eigenvalue weighted by atomic mass is 10.2. The van der Waals surface area contributed by atoms with Crippen LogP contribution in [0.25, 0.3) is 16.7 Å². The van der Waals surface area contributed by atoms with Gasteiger partial charge in [-0.15, -0.1) is 0 Å². The summed E-state index contributed by atoms with van der Waals surface area (Å²) in [5, 5.41) is 5.52. The number of hydrogen-bond acceptors (Lipinski definition) is 5. The third-order valence-corrected chi connectivity index (χ3v) is 6.12. The molecule has 174 valence electrons. The van der Waals surface area contributed by atoms with Gasteiger partial charge >= 0.3 is 0 Å². The first-order chi connectivity index (χ1) is 16.5. The molecule has 2 aromatic carbocycles. The van der Waals surface area contributed by atoms with E-state index in [-0.39, 0.29) is 17.6 Å². The molecule has 4 aromatic rings. The van der Waals surface area contributed by atoms with E-state index in [0.29, 0.717) is 25.2 Å². The van der Waals surface area contributed by atoms with Crippen LogP contribution < -0.4 is 4.90 Å². The summed E-state index contributed by atoms with van der Waals surface area (Å²) < 4.78 is 15.1. The Balaban J connectivity index is 1.46. The van der Waals surface area contributed by atoms with E-state index in [2.05, 4.69) is 23.8 Å². The number of fused-ring (bicyclic) bond motifs is 1. The molecule has 0 bridgehead atoms. The first-order valence-electron chi connectivity index (χ1n) is 11.6. The molecule has 2 aromatic heterocycles. The maximum atomic E-state index is 13.3. The average molecular weight is 459 g/mol. The summed E-state index contributed by atoms with van der Waals surface area (Å²) in [6.45, 7) is 6.78. The zero-order valence-electron chi connectivity index (χ0n) is 19.4. The number of anilines is 1. The van der Waals surface area contributed by atoms with Crippen molar-refractivity contribution >= 4 is 22.8 Å². The van der Waals surface area contributed by atoms with Crippen molar-refractivity contribution in [1.82, 2.24) is 24.6 Å². The molecule has 3 heterocycles. The molecule has 0 saturated carbocycles. The standard InChI is InChI=1S/C26H27FN6O/c1-18(2)23-29-24(22-17-28-33(25(22)30-23)21-7-4-3-5-8-21)31-13-6-14-32(16-15-31)26(34)19-9-11-20(27)12-10-19/h3-5,7-12,17-18H,6,13-16H2,1-2H3. The number of aromatic nitrogens is 4. The Hall–Kier alpha value is -3.81. The Morgan fingerprint density at radius 2 is 1.71 bits per heavy atom. The van der Waals surface area contributed by atoms with Crippen molar-refractivity contribution in [3.05, 3.63) is 78.0 Å². The first-order valence-corrected chi connectivity index (χ1v) is 11.6. The van der Waals surface area contributed by atoms with Gasteiger partial charge in [0.15, 0.2) is 5.65 Å². The van der Waals surface area contributed by atoms with Crippen molar-refractivity contribution < 1.29 is 9.18 Å². The molecule has 0 N–H and O–H groups in total. The Kier molecular flexibility index (Phi) is 5.96. The highest BCUT2D eigenvalue weighted by molar-refractivity contribution is 5.94. The molecule has 0 radical (unpaired) electrons. The molecule has 8 heteroatoms. The van der Waals surface area contributed by atoms with Crippen LogP contribution in [-0.2, 0) is 0 Å². The van der Waals surface area contributed by atoms with Gasteiger partial charge in [-0.3, -0.25) is 4.79 Å². The van der Waals surface area contributed by atoms with Crippen LogP contribution in [0.15, 0.2) is 60.8 Å². The van der Waals surface area contributed by atoms with E-state index in [1.807, 2.05) is 46.1 Å². The van der Waals surface area contributed by atoms with Crippen LogP contribution in [0.2, 0.25) is 0 Å². The Labute approximate surface area is 197 Å². The van der Waals surface area contributed by atoms with Crippen molar-refractivity contribution in [3.8, 4) is 5.69 Å². The van der Waals surface area contributed by atoms with Crippen molar-refractivity contribution in [2.45, 2.75) is 26.2 Å². The van der Waals surface area contributed by atoms with E-state index in [4.69, 9.17) is 9.97 Å². The predicted molar refractivity (Wildman–Crippen MR) is 130 cm³/mol. The van der Waals surface area contributed by atoms with Crippen LogP contribution in [0.5, 0.6) is 0 Å². The fourth-order valence-electron chi connectivity index (χ4n) is 4.27. The molecule has 5 rings (SSSR count). The lowest BCUT2D eigenvalue weighted by molar-refractivity contribution is 0.0767. The molecule has 0 aliphatic carbocycles. The summed E-state index contributed by atoms with van der Waals surface area (Å²) >= 11 is 0. The van der Waals surface area contributed by atoms with Gasteiger partial charge in [0, 0.05) is 37.7 Å². The zero-order valence-corrected chi connectivity index (χ0v) is 19.4. The number of benzene rings is 2. The third-order valence-electron chi connectivity index (χ3n) is 6.12. The second kappa shape index (κ2) is 9.21. The van der Waals surface area contributed by atoms with Crippen molar-refractivity contribution in [1.29, 1.82) is 0 Å². The van der Waals surface area contributed by atoms with Gasteiger partial charge in [0.2, 0.25) is 0 Å². The third kappa shape index (κ3) is 4.23. The Bertz CT molecular complexity index is 1300. The number of para-hydroxylation sites is 1. The van der Waals surface area contributed by atoms with Gasteiger partial charge in [0.25, 0.3) is 5.91 Å². The molecule has 1 amide bonds. The number of halogens is 1. The predicted octanol–water partition coefficient (Wildman–Crippen LogP) is 4.43. The van der Waals surface area contributed by atoms with Crippen molar-refractivity contribution in [3.63, 3.8) is 0 Å². The zero-order chi connectivity index (χ0) is 23.7. The van der Waals surface area contributed by atoms with Gasteiger partial charge in [-0.1, -0.05) is 32.0 Å². The minimum atomic E-state index is -0.344. The lowest BCUT2D eigenvalue weighted by Gasteiger charge is -2.24. The lowest BCUT2D eigenvalue weighted by Crippen LogP contribution is -2.35. The molecule has 0 spiro atoms. The number of hydrogen-bond donors (Lipinski definition) is 0. The summed E-state index contributed by atoms with van der Waals surface area (Å²) in [5.74, 6) is 1.36. The van der Waals surface area contributed by atoms with Crippen molar-refractivity contribution in [2.24, 2.45) is 0 Å². The van der Waals surface area contributed by atoms with Crippen LogP contribution in [0.1, 0.15) is 42.4 Å². The maximum absolute atomic E-state index is 13.3. The van der Waals surface area contributed by atoms with Crippen LogP contribution in [-0.4, -0.2) is 56.7 Å². The molecule has 7 nitrogen and oxygen atoms in total. The first kappa shape index (κ1) is 22.0. The van der Waals surface area contributed by atoms with E-state index in [1.165, 1.54) is 12.1 Å². The number of carbonyl (C=O) groups excluding carboxylic acids is 1. The normalized spacial score (nSPS) is 14.6. The van der Waals surface area contributed by atoms with Gasteiger partial charge in [0.1, 0.15) is 17.5 Å². The molecular formula is C26H27FN6O. The summed E-state index contributed by atoms with van der Waals surface area (Å²) in [7, 11) is 0. The second-order valence-electron chi connectivity index (χ2n) is 8.83. The molecule has 34 heavy (non-hydrogen) atoms. The quantitative estimate of drug-likeness (QED) is 0.453. The fraction of sp³-hybridized carbons (Fsp3) is 0.308. The molecule has 1 aliphatic rings. The van der Waals surface area contributed by atoms with Crippen LogP contribution in [0.3, 0.4) is 0 Å². The van der Waals surface area contributed by atoms with E-state index >= 15 is 0 Å². The topological polar surface area (TPSA) is 67.2 Å². The molecule has 1 aliphatic heterocycles. The van der Waals surface area contributed by atoms with Gasteiger partial charge in [-0.2, -0.15) is 5.10 Å². The molecule has 0 atom stereocenters. The highest BCUT2D eigenvalue weighted by Gasteiger charge is 2.24. The van der Waals surface area contributed by atoms with E-state index in [1.54, 1.807) is 12.1 Å². The Morgan fingerprint density at radius 1 is 0.941 bits per heavy atom. The monoisotopic (exact) mass is 458 g/mol. The summed E-state index contributed by atoms with van der Waals surface area (Å²) in [5.41, 5.74) is 2.23. The molecular weight excluding hydrogens is 431 g/mol. The number of rotatable bonds is 4. The minimum Gasteiger partial charge on any atom is -0.354 e. The van der Waals surface area contributed by atoms with Crippen LogP contribution in [0, 0.1) is 5.82 Å². The fourth-order valence-corrected chi connectivity index (χ4v) is 4.27. The summed E-state index contributed by atoms with van der Waals surface area (Å²) in [6.07, 6.45) is 2.64. The molecule has 0 unspecified atom stereocenters. The van der Waals surface area contributed by atoms with Gasteiger partial charge in [-0.05, 0) is 42.8 Å². The smallest absolute Gasteiger partial charge is 0.253 e. The van der Waals surface area contributed by atoms with Gasteiger partial charge < -0.3 is 9.80 Å². The largest absolute Gasteiger partial charge is 0.354 e. The average Bonchev–Trinajstić information content (AvgIpc) is 3.13. The summed E-state index contributed by atoms with van der Waals surface area (Å²) in [4.78, 5) is 26.8. The van der Waals surface area contributed by atoms with Crippen molar-refractivity contribution in [2.75, 3.05) is 31.1 Å². The maximum Gasteiger partial charge on any atom is 0.253 e. The highest BCUT2D eigenvalue weighted by Crippen LogP contribution is 2.28. The molecule has 1 fully saturated rings. The Morgan fingerprint density at radius 3 is 2.44 bits per heavy atom. The minimum absolute atomic E-state index is 0.0746. The van der Waals surface area contributed by atoms with E-state index < -0.39 is 0 Å². The number of carbonyl (C=O) groups is 1. The highest BCUT2D eigenvalue weighted by atomic mass is 19.1. The van der Waals surface area contributed by atoms with E-state index in [0.717, 1.165) is 41.3 Å². The number of amides is 1. The SMILES string of the molecule is CC(C)c1nc(N2CCCN(C(=O)c3ccc(F)cc3)CC2)c2cnn(-c3ccccc3)c2n1. The summed E-state index contributed by atoms with van der Waals surface area (Å²) in [6, 6.07) is 15.7. The van der Waals surface area contributed by atoms with E-state index in [9.17, 15) is 9.18 Å². The van der Waals surface area contributed by atoms with Gasteiger partial charge in [-0.25, -0.2) is 19.0 Å². The molecule has 1 saturated heterocycles. The number of nitrogens with zero attached hydrogens (tertiary/aromatic N) is 6. The van der Waals surface area contributed by atoms with Crippen LogP contribution >= 0.6 is 0 Å².